The second kappa shape index (κ2) is 12.1. The van der Waals surface area contributed by atoms with E-state index in [9.17, 15) is 8.42 Å². The molecular formula is C21H37IN4O2S. The number of hydrogen-bond donors (Lipinski definition) is 3. The Morgan fingerprint density at radius 2 is 1.69 bits per heavy atom. The molecule has 0 aliphatic heterocycles. The number of guanidine groups is 1. The van der Waals surface area contributed by atoms with Crippen LogP contribution in [-0.4, -0.2) is 34.0 Å². The van der Waals surface area contributed by atoms with Crippen LogP contribution in [0, 0.1) is 5.41 Å². The molecule has 0 spiro atoms. The molecule has 0 heterocycles. The van der Waals surface area contributed by atoms with Gasteiger partial charge in [0.05, 0.1) is 5.75 Å². The molecule has 0 bridgehead atoms. The Bertz CT molecular complexity index is 742. The number of nitrogens with one attached hydrogen (secondary N) is 3. The average Bonchev–Trinajstić information content (AvgIpc) is 3.11. The van der Waals surface area contributed by atoms with E-state index in [0.717, 1.165) is 23.6 Å². The Balaban J connectivity index is 0.00000420. The van der Waals surface area contributed by atoms with E-state index in [2.05, 4.69) is 27.3 Å². The topological polar surface area (TPSA) is 82.6 Å². The van der Waals surface area contributed by atoms with Gasteiger partial charge in [-0.2, -0.15) is 0 Å². The van der Waals surface area contributed by atoms with Gasteiger partial charge in [-0.1, -0.05) is 44.0 Å². The van der Waals surface area contributed by atoms with Crippen molar-refractivity contribution in [2.75, 3.05) is 13.6 Å². The minimum absolute atomic E-state index is 0. The first-order chi connectivity index (χ1) is 13.3. The first-order valence-corrected chi connectivity index (χ1v) is 11.9. The number of halogens is 1. The van der Waals surface area contributed by atoms with E-state index in [-0.39, 0.29) is 35.8 Å². The lowest BCUT2D eigenvalue weighted by Gasteiger charge is -2.28. The van der Waals surface area contributed by atoms with Crippen LogP contribution in [0.15, 0.2) is 29.3 Å². The van der Waals surface area contributed by atoms with Gasteiger partial charge in [0.25, 0.3) is 0 Å². The first kappa shape index (κ1) is 26.2. The number of rotatable bonds is 9. The molecule has 0 amide bonds. The third kappa shape index (κ3) is 8.80. The van der Waals surface area contributed by atoms with E-state index in [0.29, 0.717) is 12.0 Å². The standard InChI is InChI=1S/C21H36N4O2S.HI/c1-5-21(12-6-7-13-21)16-24-20(22-4)23-14-18-8-10-19(11-9-18)15-28(26,27)25-17(2)3;/h8-11,17,25H,5-7,12-16H2,1-4H3,(H2,22,23,24);1H. The second-order valence-electron chi connectivity index (χ2n) is 8.19. The summed E-state index contributed by atoms with van der Waals surface area (Å²) in [6, 6.07) is 7.58. The minimum Gasteiger partial charge on any atom is -0.356 e. The third-order valence-corrected chi connectivity index (χ3v) is 7.07. The van der Waals surface area contributed by atoms with Crippen LogP contribution in [-0.2, 0) is 22.3 Å². The molecule has 0 aromatic heterocycles. The van der Waals surface area contributed by atoms with Crippen LogP contribution in [0.5, 0.6) is 0 Å². The van der Waals surface area contributed by atoms with Crippen molar-refractivity contribution in [1.29, 1.82) is 0 Å². The van der Waals surface area contributed by atoms with Crippen molar-refractivity contribution in [3.8, 4) is 0 Å². The van der Waals surface area contributed by atoms with Crippen LogP contribution < -0.4 is 15.4 Å². The fourth-order valence-corrected chi connectivity index (χ4v) is 5.26. The van der Waals surface area contributed by atoms with E-state index in [1.54, 1.807) is 7.05 Å². The largest absolute Gasteiger partial charge is 0.356 e. The summed E-state index contributed by atoms with van der Waals surface area (Å²) in [4.78, 5) is 4.33. The highest BCUT2D eigenvalue weighted by Crippen LogP contribution is 2.40. The number of aliphatic imine (C=N–C) groups is 1. The molecule has 3 N–H and O–H groups in total. The average molecular weight is 537 g/mol. The Morgan fingerprint density at radius 3 is 2.21 bits per heavy atom. The molecule has 1 aliphatic carbocycles. The molecule has 1 saturated carbocycles. The lowest BCUT2D eigenvalue weighted by atomic mass is 9.83. The van der Waals surface area contributed by atoms with Crippen molar-refractivity contribution in [1.82, 2.24) is 15.4 Å². The minimum atomic E-state index is -3.30. The highest BCUT2D eigenvalue weighted by molar-refractivity contribution is 14.0. The number of sulfonamides is 1. The molecule has 0 saturated heterocycles. The molecule has 2 rings (SSSR count). The number of benzene rings is 1. The molecule has 6 nitrogen and oxygen atoms in total. The smallest absolute Gasteiger partial charge is 0.216 e. The van der Waals surface area contributed by atoms with Crippen LogP contribution in [0.1, 0.15) is 64.0 Å². The molecule has 1 fully saturated rings. The van der Waals surface area contributed by atoms with Gasteiger partial charge in [0.2, 0.25) is 10.0 Å². The maximum Gasteiger partial charge on any atom is 0.216 e. The summed E-state index contributed by atoms with van der Waals surface area (Å²) in [6.07, 6.45) is 6.45. The zero-order valence-corrected chi connectivity index (χ0v) is 21.3. The summed E-state index contributed by atoms with van der Waals surface area (Å²) in [6.45, 7) is 7.53. The maximum absolute atomic E-state index is 12.0. The van der Waals surface area contributed by atoms with Crippen LogP contribution in [0.3, 0.4) is 0 Å². The van der Waals surface area contributed by atoms with Crippen molar-refractivity contribution < 1.29 is 8.42 Å². The summed E-state index contributed by atoms with van der Waals surface area (Å²) >= 11 is 0. The van der Waals surface area contributed by atoms with E-state index >= 15 is 0 Å². The van der Waals surface area contributed by atoms with Gasteiger partial charge in [0.1, 0.15) is 0 Å². The highest BCUT2D eigenvalue weighted by Gasteiger charge is 2.31. The molecule has 8 heteroatoms. The Morgan fingerprint density at radius 1 is 1.10 bits per heavy atom. The van der Waals surface area contributed by atoms with Crippen LogP contribution >= 0.6 is 24.0 Å². The maximum atomic E-state index is 12.0. The van der Waals surface area contributed by atoms with Gasteiger partial charge >= 0.3 is 0 Å². The summed E-state index contributed by atoms with van der Waals surface area (Å²) in [5.41, 5.74) is 2.28. The summed E-state index contributed by atoms with van der Waals surface area (Å²) in [5.74, 6) is 0.814. The molecule has 29 heavy (non-hydrogen) atoms. The molecule has 0 atom stereocenters. The fourth-order valence-electron chi connectivity index (χ4n) is 3.83. The SMILES string of the molecule is CCC1(CNC(=NC)NCc2ccc(CS(=O)(=O)NC(C)C)cc2)CCCC1.I. The van der Waals surface area contributed by atoms with E-state index < -0.39 is 10.0 Å². The van der Waals surface area contributed by atoms with E-state index in [1.807, 2.05) is 38.1 Å². The Kier molecular flexibility index (Phi) is 10.9. The van der Waals surface area contributed by atoms with Gasteiger partial charge in [-0.25, -0.2) is 13.1 Å². The third-order valence-electron chi connectivity index (χ3n) is 5.52. The predicted molar refractivity (Wildman–Crippen MR) is 132 cm³/mol. The fraction of sp³-hybridized carbons (Fsp3) is 0.667. The van der Waals surface area contributed by atoms with Crippen LogP contribution in [0.25, 0.3) is 0 Å². The van der Waals surface area contributed by atoms with Gasteiger partial charge in [0.15, 0.2) is 5.96 Å². The zero-order valence-electron chi connectivity index (χ0n) is 18.1. The van der Waals surface area contributed by atoms with Crippen molar-refractivity contribution in [3.05, 3.63) is 35.4 Å². The van der Waals surface area contributed by atoms with E-state index in [1.165, 1.54) is 32.1 Å². The lowest BCUT2D eigenvalue weighted by molar-refractivity contribution is 0.283. The van der Waals surface area contributed by atoms with Gasteiger partial charge in [-0.3, -0.25) is 4.99 Å². The van der Waals surface area contributed by atoms with Crippen molar-refractivity contribution in [2.24, 2.45) is 10.4 Å². The van der Waals surface area contributed by atoms with Crippen molar-refractivity contribution in [3.63, 3.8) is 0 Å². The zero-order chi connectivity index (χ0) is 20.6. The molecular weight excluding hydrogens is 499 g/mol. The predicted octanol–water partition coefficient (Wildman–Crippen LogP) is 3.77. The second-order valence-corrected chi connectivity index (χ2v) is 9.94. The molecule has 1 aliphatic rings. The molecule has 0 radical (unpaired) electrons. The summed E-state index contributed by atoms with van der Waals surface area (Å²) in [5, 5.41) is 6.84. The quantitative estimate of drug-likeness (QED) is 0.255. The molecule has 1 aromatic carbocycles. The van der Waals surface area contributed by atoms with Crippen LogP contribution in [0.4, 0.5) is 0 Å². The Hall–Kier alpha value is -0.870. The van der Waals surface area contributed by atoms with Gasteiger partial charge in [0, 0.05) is 26.2 Å². The molecule has 1 aromatic rings. The monoisotopic (exact) mass is 536 g/mol. The van der Waals surface area contributed by atoms with Gasteiger partial charge in [-0.15, -0.1) is 24.0 Å². The number of nitrogens with zero attached hydrogens (tertiary/aromatic N) is 1. The van der Waals surface area contributed by atoms with Gasteiger partial charge < -0.3 is 10.6 Å². The lowest BCUT2D eigenvalue weighted by Crippen LogP contribution is -2.42. The van der Waals surface area contributed by atoms with E-state index in [4.69, 9.17) is 0 Å². The van der Waals surface area contributed by atoms with Crippen molar-refractivity contribution in [2.45, 2.75) is 71.2 Å². The first-order valence-electron chi connectivity index (χ1n) is 10.3. The molecule has 166 valence electrons. The molecule has 0 unspecified atom stereocenters. The highest BCUT2D eigenvalue weighted by atomic mass is 127. The Labute approximate surface area is 193 Å². The van der Waals surface area contributed by atoms with Crippen molar-refractivity contribution >= 4 is 40.0 Å². The normalized spacial score (nSPS) is 16.5. The van der Waals surface area contributed by atoms with Crippen LogP contribution in [0.2, 0.25) is 0 Å². The summed E-state index contributed by atoms with van der Waals surface area (Å²) in [7, 11) is -1.51. The summed E-state index contributed by atoms with van der Waals surface area (Å²) < 4.78 is 26.7. The number of hydrogen-bond acceptors (Lipinski definition) is 3. The van der Waals surface area contributed by atoms with Gasteiger partial charge in [-0.05, 0) is 49.7 Å².